The van der Waals surface area contributed by atoms with Gasteiger partial charge in [-0.25, -0.2) is 4.79 Å². The molecule has 0 amide bonds. The average molecular weight is 274 g/mol. The zero-order chi connectivity index (χ0) is 14.4. The summed E-state index contributed by atoms with van der Waals surface area (Å²) in [6.45, 7) is 0.231. The quantitative estimate of drug-likeness (QED) is 0.775. The number of hydrogen-bond donors (Lipinski definition) is 0. The fourth-order valence-electron chi connectivity index (χ4n) is 1.59. The average Bonchev–Trinajstić information content (AvgIpc) is 2.52. The summed E-state index contributed by atoms with van der Waals surface area (Å²) in [7, 11) is 2.86. The predicted molar refractivity (Wildman–Crippen MR) is 70.7 cm³/mol. The van der Waals surface area contributed by atoms with Crippen LogP contribution < -0.4 is 9.47 Å². The summed E-state index contributed by atoms with van der Waals surface area (Å²) in [5, 5.41) is 0. The Hall–Kier alpha value is -2.63. The van der Waals surface area contributed by atoms with E-state index in [0.29, 0.717) is 22.8 Å². The third kappa shape index (κ3) is 3.23. The van der Waals surface area contributed by atoms with Gasteiger partial charge in [0.15, 0.2) is 11.5 Å². The fourth-order valence-corrected chi connectivity index (χ4v) is 1.59. The van der Waals surface area contributed by atoms with Crippen molar-refractivity contribution in [3.63, 3.8) is 0 Å². The minimum absolute atomic E-state index is 0.231. The lowest BCUT2D eigenvalue weighted by Crippen LogP contribution is -2.04. The molecule has 0 aliphatic heterocycles. The number of hydrogen-bond acceptors (Lipinski definition) is 6. The molecule has 0 bridgehead atoms. The smallest absolute Gasteiger partial charge is 0.337 e. The van der Waals surface area contributed by atoms with E-state index >= 15 is 0 Å². The van der Waals surface area contributed by atoms with Gasteiger partial charge in [0.1, 0.15) is 6.61 Å². The Kier molecular flexibility index (Phi) is 4.49. The molecule has 0 aliphatic carbocycles. The normalized spacial score (nSPS) is 9.90. The van der Waals surface area contributed by atoms with E-state index in [1.54, 1.807) is 36.8 Å². The summed E-state index contributed by atoms with van der Waals surface area (Å²) >= 11 is 0. The lowest BCUT2D eigenvalue weighted by atomic mass is 10.2. The molecule has 2 aromatic rings. The van der Waals surface area contributed by atoms with Crippen LogP contribution in [0.4, 0.5) is 0 Å². The molecule has 2 rings (SSSR count). The monoisotopic (exact) mass is 274 g/mol. The molecule has 0 fully saturated rings. The molecule has 0 unspecified atom stereocenters. The highest BCUT2D eigenvalue weighted by Crippen LogP contribution is 2.28. The molecule has 1 heterocycles. The Balaban J connectivity index is 2.18. The number of rotatable bonds is 5. The summed E-state index contributed by atoms with van der Waals surface area (Å²) in [6.07, 6.45) is 4.78. The SMILES string of the molecule is COC(=O)c1ccc(OC)c(OCc2cnccn2)c1. The number of carbonyl (C=O) groups excluding carboxylic acids is 1. The first-order valence-corrected chi connectivity index (χ1v) is 5.88. The van der Waals surface area contributed by atoms with E-state index in [1.807, 2.05) is 0 Å². The van der Waals surface area contributed by atoms with Crippen LogP contribution in [0.1, 0.15) is 16.1 Å². The molecule has 0 aliphatic rings. The molecule has 1 aromatic heterocycles. The van der Waals surface area contributed by atoms with E-state index in [1.165, 1.54) is 14.2 Å². The minimum Gasteiger partial charge on any atom is -0.493 e. The lowest BCUT2D eigenvalue weighted by Gasteiger charge is -2.11. The van der Waals surface area contributed by atoms with Crippen molar-refractivity contribution in [3.05, 3.63) is 48.0 Å². The number of aromatic nitrogens is 2. The van der Waals surface area contributed by atoms with Crippen LogP contribution in [0.5, 0.6) is 11.5 Å². The van der Waals surface area contributed by atoms with Gasteiger partial charge in [0, 0.05) is 12.4 Å². The first-order chi connectivity index (χ1) is 9.74. The summed E-state index contributed by atoms with van der Waals surface area (Å²) in [5.74, 6) is 0.541. The van der Waals surface area contributed by atoms with Crippen LogP contribution in [0.2, 0.25) is 0 Å². The molecule has 6 nitrogen and oxygen atoms in total. The molecular formula is C14H14N2O4. The van der Waals surface area contributed by atoms with Crippen molar-refractivity contribution in [1.29, 1.82) is 0 Å². The first-order valence-electron chi connectivity index (χ1n) is 5.88. The van der Waals surface area contributed by atoms with Crippen LogP contribution in [-0.2, 0) is 11.3 Å². The van der Waals surface area contributed by atoms with Crippen LogP contribution in [0, 0.1) is 0 Å². The van der Waals surface area contributed by atoms with Gasteiger partial charge in [0.05, 0.1) is 31.7 Å². The van der Waals surface area contributed by atoms with Crippen LogP contribution in [-0.4, -0.2) is 30.2 Å². The second-order valence-electron chi connectivity index (χ2n) is 3.84. The Morgan fingerprint density at radius 3 is 2.70 bits per heavy atom. The van der Waals surface area contributed by atoms with Gasteiger partial charge in [-0.1, -0.05) is 0 Å². The highest BCUT2D eigenvalue weighted by molar-refractivity contribution is 5.90. The molecule has 6 heteroatoms. The third-order valence-corrected chi connectivity index (χ3v) is 2.58. The van der Waals surface area contributed by atoms with Gasteiger partial charge < -0.3 is 14.2 Å². The summed E-state index contributed by atoms with van der Waals surface area (Å²) in [5.41, 5.74) is 1.07. The first kappa shape index (κ1) is 13.8. The highest BCUT2D eigenvalue weighted by Gasteiger charge is 2.11. The fraction of sp³-hybridized carbons (Fsp3) is 0.214. The molecule has 0 N–H and O–H groups in total. The maximum Gasteiger partial charge on any atom is 0.337 e. The van der Waals surface area contributed by atoms with Crippen molar-refractivity contribution in [2.45, 2.75) is 6.61 Å². The van der Waals surface area contributed by atoms with Crippen LogP contribution in [0.15, 0.2) is 36.8 Å². The number of benzene rings is 1. The van der Waals surface area contributed by atoms with Crippen LogP contribution >= 0.6 is 0 Å². The number of nitrogens with zero attached hydrogens (tertiary/aromatic N) is 2. The van der Waals surface area contributed by atoms with E-state index in [-0.39, 0.29) is 6.61 Å². The van der Waals surface area contributed by atoms with Crippen molar-refractivity contribution in [2.75, 3.05) is 14.2 Å². The second-order valence-corrected chi connectivity index (χ2v) is 3.84. The molecule has 0 atom stereocenters. The van der Waals surface area contributed by atoms with Crippen molar-refractivity contribution >= 4 is 5.97 Å². The van der Waals surface area contributed by atoms with Gasteiger partial charge >= 0.3 is 5.97 Å². The summed E-state index contributed by atoms with van der Waals surface area (Å²) < 4.78 is 15.5. The third-order valence-electron chi connectivity index (χ3n) is 2.58. The van der Waals surface area contributed by atoms with E-state index < -0.39 is 5.97 Å². The van der Waals surface area contributed by atoms with Gasteiger partial charge in [-0.05, 0) is 18.2 Å². The van der Waals surface area contributed by atoms with Crippen molar-refractivity contribution in [1.82, 2.24) is 9.97 Å². The summed E-state index contributed by atoms with van der Waals surface area (Å²) in [4.78, 5) is 19.6. The van der Waals surface area contributed by atoms with Gasteiger partial charge in [-0.2, -0.15) is 0 Å². The molecule has 1 aromatic carbocycles. The molecule has 104 valence electrons. The van der Waals surface area contributed by atoms with E-state index in [4.69, 9.17) is 9.47 Å². The zero-order valence-corrected chi connectivity index (χ0v) is 11.2. The summed E-state index contributed by atoms with van der Waals surface area (Å²) in [6, 6.07) is 4.83. The van der Waals surface area contributed by atoms with Crippen molar-refractivity contribution < 1.29 is 19.0 Å². The van der Waals surface area contributed by atoms with Crippen LogP contribution in [0.3, 0.4) is 0 Å². The largest absolute Gasteiger partial charge is 0.493 e. The highest BCUT2D eigenvalue weighted by atomic mass is 16.5. The van der Waals surface area contributed by atoms with Gasteiger partial charge in [-0.15, -0.1) is 0 Å². The molecule has 0 saturated carbocycles. The van der Waals surface area contributed by atoms with Crippen molar-refractivity contribution in [3.8, 4) is 11.5 Å². The number of methoxy groups -OCH3 is 2. The van der Waals surface area contributed by atoms with E-state index in [0.717, 1.165) is 0 Å². The topological polar surface area (TPSA) is 70.5 Å². The molecule has 0 saturated heterocycles. The number of esters is 1. The second kappa shape index (κ2) is 6.51. The molecule has 0 radical (unpaired) electrons. The van der Waals surface area contributed by atoms with E-state index in [9.17, 15) is 4.79 Å². The van der Waals surface area contributed by atoms with Crippen molar-refractivity contribution in [2.24, 2.45) is 0 Å². The Bertz CT molecular complexity index is 587. The maximum absolute atomic E-state index is 11.5. The molecule has 20 heavy (non-hydrogen) atoms. The van der Waals surface area contributed by atoms with Gasteiger partial charge in [0.2, 0.25) is 0 Å². The Morgan fingerprint density at radius 1 is 1.20 bits per heavy atom. The minimum atomic E-state index is -0.433. The standard InChI is InChI=1S/C14H14N2O4/c1-18-12-4-3-10(14(17)19-2)7-13(12)20-9-11-8-15-5-6-16-11/h3-8H,9H2,1-2H3. The maximum atomic E-state index is 11.5. The lowest BCUT2D eigenvalue weighted by molar-refractivity contribution is 0.0600. The number of carbonyl (C=O) groups is 1. The molecular weight excluding hydrogens is 260 g/mol. The zero-order valence-electron chi connectivity index (χ0n) is 11.2. The predicted octanol–water partition coefficient (Wildman–Crippen LogP) is 1.85. The van der Waals surface area contributed by atoms with Gasteiger partial charge in [-0.3, -0.25) is 9.97 Å². The Morgan fingerprint density at radius 2 is 2.05 bits per heavy atom. The van der Waals surface area contributed by atoms with E-state index in [2.05, 4.69) is 14.7 Å². The number of ether oxygens (including phenoxy) is 3. The Labute approximate surface area is 116 Å². The molecule has 0 spiro atoms. The van der Waals surface area contributed by atoms with Crippen LogP contribution in [0.25, 0.3) is 0 Å². The van der Waals surface area contributed by atoms with Gasteiger partial charge in [0.25, 0.3) is 0 Å².